The average Bonchev–Trinajstić information content (AvgIpc) is 2.42. The lowest BCUT2D eigenvalue weighted by atomic mass is 10.2. The smallest absolute Gasteiger partial charge is 0.219 e. The van der Waals surface area contributed by atoms with Crippen LogP contribution < -0.4 is 10.5 Å². The van der Waals surface area contributed by atoms with Crippen molar-refractivity contribution in [1.82, 2.24) is 4.98 Å². The third-order valence-corrected chi connectivity index (χ3v) is 3.11. The highest BCUT2D eigenvalue weighted by Gasteiger charge is 2.08. The first kappa shape index (κ1) is 14.0. The lowest BCUT2D eigenvalue weighted by Crippen LogP contribution is -2.01. The number of aryl methyl sites for hydroxylation is 1. The Labute approximate surface area is 119 Å². The Morgan fingerprint density at radius 3 is 2.79 bits per heavy atom. The Morgan fingerprint density at radius 1 is 1.32 bits per heavy atom. The van der Waals surface area contributed by atoms with Gasteiger partial charge in [0.15, 0.2) is 11.6 Å². The zero-order valence-electron chi connectivity index (χ0n) is 10.5. The maximum atomic E-state index is 13.6. The summed E-state index contributed by atoms with van der Waals surface area (Å²) in [5, 5.41) is 0. The Balaban J connectivity index is 2.34. The van der Waals surface area contributed by atoms with Crippen LogP contribution in [0.4, 0.5) is 4.39 Å². The summed E-state index contributed by atoms with van der Waals surface area (Å²) in [6.45, 7) is 2.39. The highest BCUT2D eigenvalue weighted by molar-refractivity contribution is 9.10. The minimum Gasteiger partial charge on any atom is -0.436 e. The molecule has 0 unspecified atom stereocenters. The first-order chi connectivity index (χ1) is 9.12. The molecule has 1 aromatic heterocycles. The van der Waals surface area contributed by atoms with Crippen molar-refractivity contribution in [2.24, 2.45) is 5.73 Å². The van der Waals surface area contributed by atoms with Crippen LogP contribution in [-0.2, 0) is 13.0 Å². The van der Waals surface area contributed by atoms with Crippen LogP contribution in [0.1, 0.15) is 18.2 Å². The number of pyridine rings is 1. The number of hydrogen-bond acceptors (Lipinski definition) is 3. The van der Waals surface area contributed by atoms with Crippen molar-refractivity contribution >= 4 is 15.9 Å². The molecule has 100 valence electrons. The molecule has 0 saturated carbocycles. The molecule has 0 aliphatic rings. The van der Waals surface area contributed by atoms with Crippen LogP contribution >= 0.6 is 15.9 Å². The van der Waals surface area contributed by atoms with Gasteiger partial charge in [-0.05, 0) is 36.2 Å². The van der Waals surface area contributed by atoms with Gasteiger partial charge in [0.05, 0.1) is 0 Å². The monoisotopic (exact) mass is 324 g/mol. The second-order valence-corrected chi connectivity index (χ2v) is 4.96. The van der Waals surface area contributed by atoms with E-state index in [9.17, 15) is 4.39 Å². The number of ether oxygens (including phenoxy) is 1. The van der Waals surface area contributed by atoms with Crippen molar-refractivity contribution in [2.75, 3.05) is 0 Å². The van der Waals surface area contributed by atoms with E-state index >= 15 is 0 Å². The van der Waals surface area contributed by atoms with E-state index in [0.717, 1.165) is 22.2 Å². The second kappa shape index (κ2) is 6.12. The van der Waals surface area contributed by atoms with Gasteiger partial charge in [-0.15, -0.1) is 0 Å². The minimum absolute atomic E-state index is 0.137. The van der Waals surface area contributed by atoms with Gasteiger partial charge in [-0.25, -0.2) is 9.37 Å². The second-order valence-electron chi connectivity index (χ2n) is 4.04. The summed E-state index contributed by atoms with van der Waals surface area (Å²) in [5.74, 6) is 0.0658. The molecule has 1 aromatic carbocycles. The molecule has 0 saturated heterocycles. The molecule has 3 nitrogen and oxygen atoms in total. The summed E-state index contributed by atoms with van der Waals surface area (Å²) < 4.78 is 19.9. The Hall–Kier alpha value is -1.46. The summed E-state index contributed by atoms with van der Waals surface area (Å²) in [7, 11) is 0. The van der Waals surface area contributed by atoms with Crippen molar-refractivity contribution in [3.63, 3.8) is 0 Å². The van der Waals surface area contributed by atoms with E-state index in [-0.39, 0.29) is 5.75 Å². The molecule has 1 heterocycles. The maximum Gasteiger partial charge on any atom is 0.219 e. The lowest BCUT2D eigenvalue weighted by Gasteiger charge is -2.09. The largest absolute Gasteiger partial charge is 0.436 e. The SMILES string of the molecule is CCc1cc(CN)cc(Oc2cc(Br)ccc2F)n1. The van der Waals surface area contributed by atoms with Gasteiger partial charge in [-0.1, -0.05) is 22.9 Å². The number of rotatable bonds is 4. The van der Waals surface area contributed by atoms with Gasteiger partial charge in [0.1, 0.15) is 0 Å². The highest BCUT2D eigenvalue weighted by atomic mass is 79.9. The van der Waals surface area contributed by atoms with Crippen LogP contribution in [0, 0.1) is 5.82 Å². The van der Waals surface area contributed by atoms with E-state index in [1.807, 2.05) is 13.0 Å². The third-order valence-electron chi connectivity index (χ3n) is 2.62. The van der Waals surface area contributed by atoms with E-state index in [0.29, 0.717) is 12.4 Å². The van der Waals surface area contributed by atoms with E-state index in [1.54, 1.807) is 18.2 Å². The van der Waals surface area contributed by atoms with Crippen LogP contribution in [0.2, 0.25) is 0 Å². The molecule has 2 N–H and O–H groups in total. The molecular formula is C14H14BrFN2O. The molecule has 0 bridgehead atoms. The Morgan fingerprint density at radius 2 is 2.11 bits per heavy atom. The van der Waals surface area contributed by atoms with Crippen molar-refractivity contribution < 1.29 is 9.13 Å². The molecule has 0 atom stereocenters. The molecule has 0 amide bonds. The molecule has 0 aliphatic carbocycles. The fraction of sp³-hybridized carbons (Fsp3) is 0.214. The summed E-state index contributed by atoms with van der Waals surface area (Å²) in [5.41, 5.74) is 7.41. The van der Waals surface area contributed by atoms with E-state index in [2.05, 4.69) is 20.9 Å². The maximum absolute atomic E-state index is 13.6. The van der Waals surface area contributed by atoms with Gasteiger partial charge < -0.3 is 10.5 Å². The standard InChI is InChI=1S/C14H14BrFN2O/c1-2-11-5-9(8-17)6-14(18-11)19-13-7-10(15)3-4-12(13)16/h3-7H,2,8,17H2,1H3. The van der Waals surface area contributed by atoms with Gasteiger partial charge in [0.25, 0.3) is 0 Å². The number of hydrogen-bond donors (Lipinski definition) is 1. The average molecular weight is 325 g/mol. The fourth-order valence-corrected chi connectivity index (χ4v) is 1.98. The Kier molecular flexibility index (Phi) is 4.50. The van der Waals surface area contributed by atoms with E-state index in [4.69, 9.17) is 10.5 Å². The molecular weight excluding hydrogens is 311 g/mol. The first-order valence-electron chi connectivity index (χ1n) is 5.95. The predicted octanol–water partition coefficient (Wildman–Crippen LogP) is 3.80. The zero-order chi connectivity index (χ0) is 13.8. The fourth-order valence-electron chi connectivity index (χ4n) is 1.64. The molecule has 2 rings (SSSR count). The van der Waals surface area contributed by atoms with Crippen LogP contribution in [0.15, 0.2) is 34.8 Å². The minimum atomic E-state index is -0.429. The van der Waals surface area contributed by atoms with E-state index in [1.165, 1.54) is 6.07 Å². The van der Waals surface area contributed by atoms with Crippen molar-refractivity contribution in [2.45, 2.75) is 19.9 Å². The number of nitrogens with zero attached hydrogens (tertiary/aromatic N) is 1. The van der Waals surface area contributed by atoms with Gasteiger partial charge in [-0.3, -0.25) is 0 Å². The number of benzene rings is 1. The van der Waals surface area contributed by atoms with Crippen LogP contribution in [0.3, 0.4) is 0 Å². The molecule has 0 aliphatic heterocycles. The molecule has 5 heteroatoms. The summed E-state index contributed by atoms with van der Waals surface area (Å²) in [4.78, 5) is 4.31. The topological polar surface area (TPSA) is 48.1 Å². The summed E-state index contributed by atoms with van der Waals surface area (Å²) >= 11 is 3.28. The normalized spacial score (nSPS) is 10.5. The van der Waals surface area contributed by atoms with Gasteiger partial charge in [0.2, 0.25) is 5.88 Å². The molecule has 0 fully saturated rings. The summed E-state index contributed by atoms with van der Waals surface area (Å²) in [6, 6.07) is 8.16. The number of halogens is 2. The highest BCUT2D eigenvalue weighted by Crippen LogP contribution is 2.27. The number of nitrogens with two attached hydrogens (primary N) is 1. The number of aromatic nitrogens is 1. The molecule has 19 heavy (non-hydrogen) atoms. The third kappa shape index (κ3) is 3.52. The van der Waals surface area contributed by atoms with Crippen LogP contribution in [-0.4, -0.2) is 4.98 Å². The van der Waals surface area contributed by atoms with Crippen molar-refractivity contribution in [3.05, 3.63) is 51.9 Å². The first-order valence-corrected chi connectivity index (χ1v) is 6.74. The van der Waals surface area contributed by atoms with Gasteiger partial charge >= 0.3 is 0 Å². The van der Waals surface area contributed by atoms with Crippen molar-refractivity contribution in [3.8, 4) is 11.6 Å². The quantitative estimate of drug-likeness (QED) is 0.930. The lowest BCUT2D eigenvalue weighted by molar-refractivity contribution is 0.425. The summed E-state index contributed by atoms with van der Waals surface area (Å²) in [6.07, 6.45) is 0.769. The van der Waals surface area contributed by atoms with Gasteiger partial charge in [0, 0.05) is 22.8 Å². The zero-order valence-corrected chi connectivity index (χ0v) is 12.1. The molecule has 0 radical (unpaired) electrons. The molecule has 0 spiro atoms. The van der Waals surface area contributed by atoms with Gasteiger partial charge in [-0.2, -0.15) is 0 Å². The van der Waals surface area contributed by atoms with Crippen LogP contribution in [0.5, 0.6) is 11.6 Å². The Bertz CT molecular complexity index is 567. The van der Waals surface area contributed by atoms with Crippen LogP contribution in [0.25, 0.3) is 0 Å². The van der Waals surface area contributed by atoms with Crippen molar-refractivity contribution in [1.29, 1.82) is 0 Å². The predicted molar refractivity (Wildman–Crippen MR) is 75.7 cm³/mol. The van der Waals surface area contributed by atoms with E-state index < -0.39 is 5.82 Å². The molecule has 2 aromatic rings.